The molecule has 0 spiro atoms. The van der Waals surface area contributed by atoms with Gasteiger partial charge >= 0.3 is 5.97 Å². The molecular formula is C15H22N2O2. The minimum Gasteiger partial charge on any atom is -0.456 e. The van der Waals surface area contributed by atoms with Crippen molar-refractivity contribution in [3.05, 3.63) is 29.6 Å². The van der Waals surface area contributed by atoms with Crippen LogP contribution in [-0.4, -0.2) is 29.6 Å². The first-order valence-electron chi connectivity index (χ1n) is 6.86. The monoisotopic (exact) mass is 262 g/mol. The van der Waals surface area contributed by atoms with Crippen LogP contribution in [0.4, 0.5) is 0 Å². The van der Waals surface area contributed by atoms with Crippen molar-refractivity contribution in [2.24, 2.45) is 0 Å². The number of hydrogen-bond donors (Lipinski definition) is 1. The molecule has 19 heavy (non-hydrogen) atoms. The van der Waals surface area contributed by atoms with Crippen molar-refractivity contribution in [3.63, 3.8) is 0 Å². The number of carbonyl (C=O) groups is 1. The molecule has 1 fully saturated rings. The highest BCUT2D eigenvalue weighted by Crippen LogP contribution is 2.27. The Bertz CT molecular complexity index is 446. The summed E-state index contributed by atoms with van der Waals surface area (Å²) in [4.78, 5) is 16.7. The summed E-state index contributed by atoms with van der Waals surface area (Å²) in [5.74, 6) is 0.0825. The average molecular weight is 262 g/mol. The number of nitrogens with zero attached hydrogens (tertiary/aromatic N) is 1. The summed E-state index contributed by atoms with van der Waals surface area (Å²) in [5.41, 5.74) is 1.03. The highest BCUT2D eigenvalue weighted by Gasteiger charge is 2.25. The molecule has 0 unspecified atom stereocenters. The van der Waals surface area contributed by atoms with Gasteiger partial charge in [-0.05, 0) is 58.8 Å². The van der Waals surface area contributed by atoms with Crippen molar-refractivity contribution in [1.82, 2.24) is 10.3 Å². The first-order valence-corrected chi connectivity index (χ1v) is 6.86. The van der Waals surface area contributed by atoms with Gasteiger partial charge in [0.15, 0.2) is 0 Å². The first-order chi connectivity index (χ1) is 8.97. The number of piperidine rings is 1. The molecule has 0 atom stereocenters. The van der Waals surface area contributed by atoms with Crippen molar-refractivity contribution in [1.29, 1.82) is 0 Å². The molecule has 1 aromatic rings. The van der Waals surface area contributed by atoms with Gasteiger partial charge in [0.1, 0.15) is 5.60 Å². The zero-order valence-electron chi connectivity index (χ0n) is 11.9. The van der Waals surface area contributed by atoms with Crippen LogP contribution in [0.5, 0.6) is 0 Å². The Labute approximate surface area is 114 Å². The van der Waals surface area contributed by atoms with Crippen LogP contribution in [0.3, 0.4) is 0 Å². The van der Waals surface area contributed by atoms with Crippen molar-refractivity contribution in [3.8, 4) is 0 Å². The molecule has 4 heteroatoms. The smallest absolute Gasteiger partial charge is 0.340 e. The van der Waals surface area contributed by atoms with Gasteiger partial charge in [0, 0.05) is 12.1 Å². The minimum absolute atomic E-state index is 0.269. The predicted molar refractivity (Wildman–Crippen MR) is 74.3 cm³/mol. The largest absolute Gasteiger partial charge is 0.456 e. The topological polar surface area (TPSA) is 51.2 Å². The Morgan fingerprint density at radius 2 is 2.05 bits per heavy atom. The molecule has 0 bridgehead atoms. The van der Waals surface area contributed by atoms with Crippen molar-refractivity contribution >= 4 is 5.97 Å². The van der Waals surface area contributed by atoms with Crippen LogP contribution in [0.15, 0.2) is 18.3 Å². The summed E-state index contributed by atoms with van der Waals surface area (Å²) in [5, 5.41) is 3.33. The molecule has 0 aromatic carbocycles. The molecule has 1 aliphatic rings. The maximum absolute atomic E-state index is 12.2. The summed E-state index contributed by atoms with van der Waals surface area (Å²) < 4.78 is 5.46. The molecule has 104 valence electrons. The number of aromatic nitrogens is 1. The quantitative estimate of drug-likeness (QED) is 0.832. The third kappa shape index (κ3) is 3.77. The van der Waals surface area contributed by atoms with Gasteiger partial charge in [0.2, 0.25) is 0 Å². The van der Waals surface area contributed by atoms with Gasteiger partial charge in [-0.15, -0.1) is 0 Å². The number of hydrogen-bond acceptors (Lipinski definition) is 4. The summed E-state index contributed by atoms with van der Waals surface area (Å²) in [6, 6.07) is 3.61. The van der Waals surface area contributed by atoms with Crippen LogP contribution in [0, 0.1) is 0 Å². The van der Waals surface area contributed by atoms with Gasteiger partial charge < -0.3 is 10.1 Å². The molecule has 2 rings (SSSR count). The van der Waals surface area contributed by atoms with E-state index in [1.807, 2.05) is 26.8 Å². The Morgan fingerprint density at radius 3 is 2.68 bits per heavy atom. The fourth-order valence-corrected chi connectivity index (χ4v) is 2.34. The second-order valence-corrected chi connectivity index (χ2v) is 5.96. The SMILES string of the molecule is CC(C)(C)OC(=O)c1cccnc1C1CCNCC1. The second-order valence-electron chi connectivity index (χ2n) is 5.96. The molecular weight excluding hydrogens is 240 g/mol. The van der Waals surface area contributed by atoms with Crippen molar-refractivity contribution < 1.29 is 9.53 Å². The van der Waals surface area contributed by atoms with Crippen LogP contribution in [0.1, 0.15) is 55.6 Å². The van der Waals surface area contributed by atoms with Crippen LogP contribution >= 0.6 is 0 Å². The zero-order chi connectivity index (χ0) is 13.9. The van der Waals surface area contributed by atoms with Crippen LogP contribution in [-0.2, 0) is 4.74 Å². The lowest BCUT2D eigenvalue weighted by molar-refractivity contribution is 0.00669. The minimum atomic E-state index is -0.474. The molecule has 0 amide bonds. The summed E-state index contributed by atoms with van der Waals surface area (Å²) in [7, 11) is 0. The lowest BCUT2D eigenvalue weighted by Gasteiger charge is -2.25. The summed E-state index contributed by atoms with van der Waals surface area (Å²) in [6.45, 7) is 7.60. The second kappa shape index (κ2) is 5.70. The normalized spacial score (nSPS) is 17.2. The number of ether oxygens (including phenoxy) is 1. The number of esters is 1. The van der Waals surface area contributed by atoms with E-state index in [1.54, 1.807) is 12.3 Å². The Kier molecular flexibility index (Phi) is 4.20. The van der Waals surface area contributed by atoms with Gasteiger partial charge in [0.25, 0.3) is 0 Å². The van der Waals surface area contributed by atoms with E-state index in [4.69, 9.17) is 4.74 Å². The van der Waals surface area contributed by atoms with Crippen molar-refractivity contribution in [2.45, 2.75) is 45.1 Å². The van der Waals surface area contributed by atoms with Gasteiger partial charge in [-0.3, -0.25) is 4.98 Å². The van der Waals surface area contributed by atoms with Crippen molar-refractivity contribution in [2.75, 3.05) is 13.1 Å². The number of carbonyl (C=O) groups excluding carboxylic acids is 1. The number of rotatable bonds is 2. The molecule has 1 N–H and O–H groups in total. The molecule has 0 aliphatic carbocycles. The van der Waals surface area contributed by atoms with E-state index in [0.29, 0.717) is 11.5 Å². The summed E-state index contributed by atoms with van der Waals surface area (Å²) >= 11 is 0. The summed E-state index contributed by atoms with van der Waals surface area (Å²) in [6.07, 6.45) is 3.80. The Hall–Kier alpha value is -1.42. The molecule has 1 aromatic heterocycles. The van der Waals surface area contributed by atoms with E-state index < -0.39 is 5.60 Å². The molecule has 4 nitrogen and oxygen atoms in total. The average Bonchev–Trinajstić information content (AvgIpc) is 2.38. The number of pyridine rings is 1. The first kappa shape index (κ1) is 14.0. The van der Waals surface area contributed by atoms with Crippen LogP contribution < -0.4 is 5.32 Å². The maximum atomic E-state index is 12.2. The predicted octanol–water partition coefficient (Wildman–Crippen LogP) is 2.50. The van der Waals surface area contributed by atoms with Gasteiger partial charge in [0.05, 0.1) is 11.3 Å². The molecule has 0 radical (unpaired) electrons. The van der Waals surface area contributed by atoms with Gasteiger partial charge in [-0.1, -0.05) is 0 Å². The van der Waals surface area contributed by atoms with E-state index in [2.05, 4.69) is 10.3 Å². The third-order valence-corrected chi connectivity index (χ3v) is 3.18. The lowest BCUT2D eigenvalue weighted by Crippen LogP contribution is -2.29. The zero-order valence-corrected chi connectivity index (χ0v) is 11.9. The van der Waals surface area contributed by atoms with Crippen LogP contribution in [0.2, 0.25) is 0 Å². The van der Waals surface area contributed by atoms with Gasteiger partial charge in [-0.2, -0.15) is 0 Å². The molecule has 0 saturated carbocycles. The van der Waals surface area contributed by atoms with Gasteiger partial charge in [-0.25, -0.2) is 4.79 Å². The maximum Gasteiger partial charge on any atom is 0.340 e. The van der Waals surface area contributed by atoms with E-state index >= 15 is 0 Å². The Balaban J connectivity index is 2.22. The van der Waals surface area contributed by atoms with E-state index in [9.17, 15) is 4.79 Å². The van der Waals surface area contributed by atoms with Crippen LogP contribution in [0.25, 0.3) is 0 Å². The fourth-order valence-electron chi connectivity index (χ4n) is 2.34. The molecule has 1 saturated heterocycles. The van der Waals surface area contributed by atoms with E-state index in [1.165, 1.54) is 0 Å². The molecule has 1 aliphatic heterocycles. The highest BCUT2D eigenvalue weighted by molar-refractivity contribution is 5.91. The van der Waals surface area contributed by atoms with E-state index in [0.717, 1.165) is 31.6 Å². The third-order valence-electron chi connectivity index (χ3n) is 3.18. The molecule has 2 heterocycles. The standard InChI is InChI=1S/C15H22N2O2/c1-15(2,3)19-14(18)12-5-4-8-17-13(12)11-6-9-16-10-7-11/h4-5,8,11,16H,6-7,9-10H2,1-3H3. The lowest BCUT2D eigenvalue weighted by atomic mass is 9.91. The van der Waals surface area contributed by atoms with E-state index in [-0.39, 0.29) is 5.97 Å². The highest BCUT2D eigenvalue weighted by atomic mass is 16.6. The number of nitrogens with one attached hydrogen (secondary N) is 1. The Morgan fingerprint density at radius 1 is 1.37 bits per heavy atom. The fraction of sp³-hybridized carbons (Fsp3) is 0.600.